The van der Waals surface area contributed by atoms with Crippen LogP contribution in [0.25, 0.3) is 0 Å². The number of pyridine rings is 1. The van der Waals surface area contributed by atoms with Crippen molar-refractivity contribution in [2.45, 2.75) is 13.8 Å². The van der Waals surface area contributed by atoms with Crippen LogP contribution in [-0.4, -0.2) is 22.2 Å². The first kappa shape index (κ1) is 12.6. The van der Waals surface area contributed by atoms with Crippen molar-refractivity contribution < 1.29 is 14.8 Å². The van der Waals surface area contributed by atoms with E-state index in [4.69, 9.17) is 14.8 Å². The standard InChI is InChI=1S/C13H14BNO3/c1-9-3-5-12(10(2)7-9)18-13-6-4-11(8-15-13)14(16)17/h3-8,16-17H,1-2H3. The van der Waals surface area contributed by atoms with Gasteiger partial charge < -0.3 is 14.8 Å². The van der Waals surface area contributed by atoms with Crippen LogP contribution in [0.5, 0.6) is 11.6 Å². The van der Waals surface area contributed by atoms with Gasteiger partial charge >= 0.3 is 7.12 Å². The van der Waals surface area contributed by atoms with Crippen LogP contribution in [0, 0.1) is 13.8 Å². The maximum absolute atomic E-state index is 8.95. The van der Waals surface area contributed by atoms with Crippen molar-refractivity contribution in [3.05, 3.63) is 47.7 Å². The minimum atomic E-state index is -1.51. The van der Waals surface area contributed by atoms with E-state index in [1.165, 1.54) is 11.8 Å². The van der Waals surface area contributed by atoms with E-state index in [9.17, 15) is 0 Å². The molecule has 0 bridgehead atoms. The quantitative estimate of drug-likeness (QED) is 0.794. The lowest BCUT2D eigenvalue weighted by Crippen LogP contribution is -2.29. The first-order valence-electron chi connectivity index (χ1n) is 5.63. The SMILES string of the molecule is Cc1ccc(Oc2ccc(B(O)O)cn2)c(C)c1. The lowest BCUT2D eigenvalue weighted by Gasteiger charge is -2.08. The van der Waals surface area contributed by atoms with Crippen molar-refractivity contribution >= 4 is 12.6 Å². The van der Waals surface area contributed by atoms with Crippen molar-refractivity contribution in [3.63, 3.8) is 0 Å². The predicted octanol–water partition coefficient (Wildman–Crippen LogP) is 1.17. The first-order chi connectivity index (χ1) is 8.56. The molecule has 0 aliphatic carbocycles. The van der Waals surface area contributed by atoms with Crippen LogP contribution in [-0.2, 0) is 0 Å². The number of aryl methyl sites for hydroxylation is 2. The van der Waals surface area contributed by atoms with Gasteiger partial charge in [-0.05, 0) is 25.5 Å². The Bertz CT molecular complexity index is 540. The van der Waals surface area contributed by atoms with E-state index in [0.717, 1.165) is 11.3 Å². The minimum Gasteiger partial charge on any atom is -0.439 e. The van der Waals surface area contributed by atoms with Crippen LogP contribution in [0.4, 0.5) is 0 Å². The van der Waals surface area contributed by atoms with E-state index in [0.29, 0.717) is 11.3 Å². The molecule has 1 aromatic carbocycles. The molecule has 18 heavy (non-hydrogen) atoms. The van der Waals surface area contributed by atoms with Crippen LogP contribution in [0.3, 0.4) is 0 Å². The Balaban J connectivity index is 2.18. The molecule has 1 aromatic heterocycles. The van der Waals surface area contributed by atoms with E-state index in [2.05, 4.69) is 4.98 Å². The smallest absolute Gasteiger partial charge is 0.439 e. The number of hydrogen-bond donors (Lipinski definition) is 2. The second-order valence-corrected chi connectivity index (χ2v) is 4.17. The number of ether oxygens (including phenoxy) is 1. The number of aromatic nitrogens is 1. The van der Waals surface area contributed by atoms with E-state index in [-0.39, 0.29) is 0 Å². The Labute approximate surface area is 106 Å². The highest BCUT2D eigenvalue weighted by Gasteiger charge is 2.11. The van der Waals surface area contributed by atoms with Crippen LogP contribution in [0.15, 0.2) is 36.5 Å². The summed E-state index contributed by atoms with van der Waals surface area (Å²) in [5, 5.41) is 17.9. The second-order valence-electron chi connectivity index (χ2n) is 4.17. The number of hydrogen-bond acceptors (Lipinski definition) is 4. The summed E-state index contributed by atoms with van der Waals surface area (Å²) in [5.74, 6) is 1.16. The highest BCUT2D eigenvalue weighted by molar-refractivity contribution is 6.58. The van der Waals surface area contributed by atoms with Gasteiger partial charge in [0.2, 0.25) is 5.88 Å². The zero-order valence-electron chi connectivity index (χ0n) is 10.3. The Kier molecular flexibility index (Phi) is 3.65. The van der Waals surface area contributed by atoms with Gasteiger partial charge in [-0.3, -0.25) is 0 Å². The van der Waals surface area contributed by atoms with Gasteiger partial charge in [0.25, 0.3) is 0 Å². The molecule has 0 fully saturated rings. The maximum Gasteiger partial charge on any atom is 0.490 e. The van der Waals surface area contributed by atoms with Crippen LogP contribution in [0.2, 0.25) is 0 Å². The van der Waals surface area contributed by atoms with E-state index in [1.54, 1.807) is 12.1 Å². The largest absolute Gasteiger partial charge is 0.490 e. The zero-order chi connectivity index (χ0) is 13.1. The molecule has 2 N–H and O–H groups in total. The molecule has 4 nitrogen and oxygen atoms in total. The summed E-state index contributed by atoms with van der Waals surface area (Å²) in [6.07, 6.45) is 1.38. The number of rotatable bonds is 3. The average molecular weight is 243 g/mol. The van der Waals surface area contributed by atoms with Gasteiger partial charge in [0.15, 0.2) is 0 Å². The highest BCUT2D eigenvalue weighted by Crippen LogP contribution is 2.23. The monoisotopic (exact) mass is 243 g/mol. The first-order valence-corrected chi connectivity index (χ1v) is 5.63. The average Bonchev–Trinajstić information content (AvgIpc) is 2.33. The van der Waals surface area contributed by atoms with Gasteiger partial charge in [-0.25, -0.2) is 4.98 Å². The molecule has 0 radical (unpaired) electrons. The lowest BCUT2D eigenvalue weighted by atomic mass is 9.82. The summed E-state index contributed by atoms with van der Waals surface area (Å²) < 4.78 is 5.62. The Hall–Kier alpha value is -1.85. The fourth-order valence-corrected chi connectivity index (χ4v) is 1.63. The summed E-state index contributed by atoms with van der Waals surface area (Å²) in [5.41, 5.74) is 2.54. The third kappa shape index (κ3) is 2.88. The summed E-state index contributed by atoms with van der Waals surface area (Å²) in [4.78, 5) is 4.02. The molecule has 0 atom stereocenters. The van der Waals surface area contributed by atoms with Crippen molar-refractivity contribution in [2.24, 2.45) is 0 Å². The van der Waals surface area contributed by atoms with Crippen LogP contribution < -0.4 is 10.2 Å². The van der Waals surface area contributed by atoms with Gasteiger partial charge in [0, 0.05) is 17.7 Å². The van der Waals surface area contributed by atoms with Crippen molar-refractivity contribution in [2.75, 3.05) is 0 Å². The second kappa shape index (κ2) is 5.20. The molecule has 0 unspecified atom stereocenters. The molecule has 92 valence electrons. The summed E-state index contributed by atoms with van der Waals surface area (Å²) in [6.45, 7) is 3.99. The summed E-state index contributed by atoms with van der Waals surface area (Å²) in [7, 11) is -1.51. The molecule has 0 aliphatic heterocycles. The van der Waals surface area contributed by atoms with Gasteiger partial charge in [-0.1, -0.05) is 23.8 Å². The molecular weight excluding hydrogens is 229 g/mol. The summed E-state index contributed by atoms with van der Waals surface area (Å²) >= 11 is 0. The topological polar surface area (TPSA) is 62.6 Å². The molecule has 0 aliphatic rings. The van der Waals surface area contributed by atoms with E-state index < -0.39 is 7.12 Å². The van der Waals surface area contributed by atoms with Gasteiger partial charge in [0.1, 0.15) is 5.75 Å². The van der Waals surface area contributed by atoms with Crippen molar-refractivity contribution in [1.82, 2.24) is 4.98 Å². The van der Waals surface area contributed by atoms with E-state index in [1.807, 2.05) is 32.0 Å². The van der Waals surface area contributed by atoms with Gasteiger partial charge in [-0.2, -0.15) is 0 Å². The number of nitrogens with zero attached hydrogens (tertiary/aromatic N) is 1. The Morgan fingerprint density at radius 3 is 2.44 bits per heavy atom. The maximum atomic E-state index is 8.95. The number of benzene rings is 1. The molecule has 5 heteroatoms. The predicted molar refractivity (Wildman–Crippen MR) is 70.1 cm³/mol. The fraction of sp³-hybridized carbons (Fsp3) is 0.154. The molecule has 2 rings (SSSR count). The third-order valence-corrected chi connectivity index (χ3v) is 2.60. The molecule has 0 saturated heterocycles. The fourth-order valence-electron chi connectivity index (χ4n) is 1.63. The van der Waals surface area contributed by atoms with Gasteiger partial charge in [-0.15, -0.1) is 0 Å². The Morgan fingerprint density at radius 1 is 1.11 bits per heavy atom. The molecule has 0 amide bonds. The van der Waals surface area contributed by atoms with Gasteiger partial charge in [0.05, 0.1) is 0 Å². The molecule has 2 aromatic rings. The highest BCUT2D eigenvalue weighted by atomic mass is 16.5. The molecular formula is C13H14BNO3. The van der Waals surface area contributed by atoms with Crippen LogP contribution >= 0.6 is 0 Å². The molecule has 0 spiro atoms. The third-order valence-electron chi connectivity index (χ3n) is 2.60. The zero-order valence-corrected chi connectivity index (χ0v) is 10.3. The van der Waals surface area contributed by atoms with Crippen molar-refractivity contribution in [1.29, 1.82) is 0 Å². The van der Waals surface area contributed by atoms with Crippen LogP contribution in [0.1, 0.15) is 11.1 Å². The Morgan fingerprint density at radius 2 is 1.89 bits per heavy atom. The van der Waals surface area contributed by atoms with E-state index >= 15 is 0 Å². The molecule has 0 saturated carbocycles. The lowest BCUT2D eigenvalue weighted by molar-refractivity contribution is 0.425. The minimum absolute atomic E-state index is 0.336. The summed E-state index contributed by atoms with van der Waals surface area (Å²) in [6, 6.07) is 9.06. The van der Waals surface area contributed by atoms with Crippen molar-refractivity contribution in [3.8, 4) is 11.6 Å². The molecule has 1 heterocycles. The normalized spacial score (nSPS) is 10.2.